The third-order valence-corrected chi connectivity index (χ3v) is 6.51. The highest BCUT2D eigenvalue weighted by Gasteiger charge is 2.25. The van der Waals surface area contributed by atoms with Crippen molar-refractivity contribution >= 4 is 23.4 Å². The van der Waals surface area contributed by atoms with Crippen molar-refractivity contribution in [1.82, 2.24) is 20.1 Å². The Kier molecular flexibility index (Phi) is 6.31. The molecule has 4 rings (SSSR count). The first kappa shape index (κ1) is 21.0. The van der Waals surface area contributed by atoms with Crippen LogP contribution in [0.25, 0.3) is 5.69 Å². The minimum atomic E-state index is -0.427. The Bertz CT molecular complexity index is 1090. The number of nitrogens with one attached hydrogen (secondary N) is 1. The maximum Gasteiger partial charge on any atom is 0.269 e. The average Bonchev–Trinajstić information content (AvgIpc) is 3.13. The molecular formula is C22H23N5O3S. The van der Waals surface area contributed by atoms with E-state index in [4.69, 9.17) is 0 Å². The van der Waals surface area contributed by atoms with Crippen LogP contribution < -0.4 is 5.32 Å². The number of nitrogens with zero attached hydrogens (tertiary/aromatic N) is 4. The number of amides is 1. The quantitative estimate of drug-likeness (QED) is 0.322. The average molecular weight is 438 g/mol. The first-order valence-electron chi connectivity index (χ1n) is 10.2. The molecule has 1 saturated carbocycles. The lowest BCUT2D eigenvalue weighted by molar-refractivity contribution is -0.384. The van der Waals surface area contributed by atoms with Crippen molar-refractivity contribution in [3.63, 3.8) is 0 Å². The van der Waals surface area contributed by atoms with Crippen LogP contribution in [0.15, 0.2) is 53.7 Å². The SMILES string of the molecule is Cc1ccccc1CSc1nnc(CNC(=O)C2CCC2)n1-c1ccc([N+](=O)[O-])cc1. The first-order valence-corrected chi connectivity index (χ1v) is 11.2. The molecule has 0 radical (unpaired) electrons. The lowest BCUT2D eigenvalue weighted by Gasteiger charge is -2.23. The molecule has 1 aliphatic rings. The summed E-state index contributed by atoms with van der Waals surface area (Å²) in [6.45, 7) is 2.32. The minimum Gasteiger partial charge on any atom is -0.349 e. The molecule has 1 amide bonds. The highest BCUT2D eigenvalue weighted by molar-refractivity contribution is 7.98. The molecule has 1 N–H and O–H groups in total. The molecule has 1 aromatic heterocycles. The van der Waals surface area contributed by atoms with Crippen LogP contribution in [0.1, 0.15) is 36.2 Å². The fourth-order valence-electron chi connectivity index (χ4n) is 3.39. The van der Waals surface area contributed by atoms with Crippen LogP contribution in [-0.2, 0) is 17.1 Å². The lowest BCUT2D eigenvalue weighted by Crippen LogP contribution is -2.34. The van der Waals surface area contributed by atoms with Gasteiger partial charge in [0.05, 0.1) is 11.5 Å². The van der Waals surface area contributed by atoms with Gasteiger partial charge in [0, 0.05) is 29.5 Å². The number of nitro groups is 1. The summed E-state index contributed by atoms with van der Waals surface area (Å²) in [6.07, 6.45) is 2.95. The second-order valence-electron chi connectivity index (χ2n) is 7.57. The molecule has 1 aliphatic carbocycles. The molecule has 0 aliphatic heterocycles. The van der Waals surface area contributed by atoms with Crippen molar-refractivity contribution in [2.75, 3.05) is 0 Å². The molecule has 0 atom stereocenters. The van der Waals surface area contributed by atoms with Crippen LogP contribution in [0.4, 0.5) is 5.69 Å². The number of thioether (sulfide) groups is 1. The highest BCUT2D eigenvalue weighted by atomic mass is 32.2. The fourth-order valence-corrected chi connectivity index (χ4v) is 4.43. The van der Waals surface area contributed by atoms with Gasteiger partial charge in [0.2, 0.25) is 5.91 Å². The summed E-state index contributed by atoms with van der Waals surface area (Å²) in [5, 5.41) is 23.3. The van der Waals surface area contributed by atoms with Gasteiger partial charge in [0.25, 0.3) is 5.69 Å². The summed E-state index contributed by atoms with van der Waals surface area (Å²) >= 11 is 1.54. The molecule has 1 heterocycles. The van der Waals surface area contributed by atoms with Crippen LogP contribution in [-0.4, -0.2) is 25.6 Å². The molecular weight excluding hydrogens is 414 g/mol. The van der Waals surface area contributed by atoms with E-state index in [0.717, 1.165) is 24.9 Å². The maximum atomic E-state index is 12.3. The predicted octanol–water partition coefficient (Wildman–Crippen LogP) is 4.19. The molecule has 8 nitrogen and oxygen atoms in total. The molecule has 0 bridgehead atoms. The number of benzene rings is 2. The second kappa shape index (κ2) is 9.30. The molecule has 0 spiro atoms. The number of aryl methyl sites for hydroxylation is 1. The molecule has 0 saturated heterocycles. The summed E-state index contributed by atoms with van der Waals surface area (Å²) in [5.41, 5.74) is 3.14. The van der Waals surface area contributed by atoms with E-state index < -0.39 is 4.92 Å². The highest BCUT2D eigenvalue weighted by Crippen LogP contribution is 2.28. The Morgan fingerprint density at radius 2 is 1.94 bits per heavy atom. The summed E-state index contributed by atoms with van der Waals surface area (Å²) in [5.74, 6) is 1.43. The van der Waals surface area contributed by atoms with Crippen LogP contribution in [0, 0.1) is 23.0 Å². The Balaban J connectivity index is 1.59. The lowest BCUT2D eigenvalue weighted by atomic mass is 9.85. The van der Waals surface area contributed by atoms with Gasteiger partial charge in [0.1, 0.15) is 0 Å². The van der Waals surface area contributed by atoms with Gasteiger partial charge < -0.3 is 5.32 Å². The number of carbonyl (C=O) groups excluding carboxylic acids is 1. The molecule has 31 heavy (non-hydrogen) atoms. The van der Waals surface area contributed by atoms with E-state index in [9.17, 15) is 14.9 Å². The van der Waals surface area contributed by atoms with Gasteiger partial charge in [-0.2, -0.15) is 0 Å². The molecule has 3 aromatic rings. The number of rotatable bonds is 8. The van der Waals surface area contributed by atoms with Gasteiger partial charge in [-0.1, -0.05) is 42.4 Å². The van der Waals surface area contributed by atoms with E-state index in [1.54, 1.807) is 12.1 Å². The third-order valence-electron chi connectivity index (χ3n) is 5.53. The van der Waals surface area contributed by atoms with Crippen molar-refractivity contribution < 1.29 is 9.72 Å². The van der Waals surface area contributed by atoms with Crippen molar-refractivity contribution in [3.8, 4) is 5.69 Å². The maximum absolute atomic E-state index is 12.3. The Hall–Kier alpha value is -3.20. The number of carbonyl (C=O) groups is 1. The van der Waals surface area contributed by atoms with Crippen LogP contribution in [0.5, 0.6) is 0 Å². The van der Waals surface area contributed by atoms with Crippen molar-refractivity contribution in [3.05, 3.63) is 75.6 Å². The Labute approximate surface area is 184 Å². The number of aromatic nitrogens is 3. The second-order valence-corrected chi connectivity index (χ2v) is 8.51. The van der Waals surface area contributed by atoms with Gasteiger partial charge in [-0.15, -0.1) is 10.2 Å². The van der Waals surface area contributed by atoms with Crippen molar-refractivity contribution in [2.45, 2.75) is 43.6 Å². The van der Waals surface area contributed by atoms with Gasteiger partial charge >= 0.3 is 0 Å². The number of hydrogen-bond donors (Lipinski definition) is 1. The van der Waals surface area contributed by atoms with E-state index in [0.29, 0.717) is 16.7 Å². The fraction of sp³-hybridized carbons (Fsp3) is 0.318. The van der Waals surface area contributed by atoms with Gasteiger partial charge in [-0.25, -0.2) is 0 Å². The van der Waals surface area contributed by atoms with E-state index in [1.165, 1.54) is 35.0 Å². The number of hydrogen-bond acceptors (Lipinski definition) is 6. The molecule has 9 heteroatoms. The normalized spacial score (nSPS) is 13.6. The summed E-state index contributed by atoms with van der Waals surface area (Å²) in [6, 6.07) is 14.4. The van der Waals surface area contributed by atoms with E-state index in [-0.39, 0.29) is 24.1 Å². The molecule has 0 unspecified atom stereocenters. The van der Waals surface area contributed by atoms with Gasteiger partial charge in [-0.3, -0.25) is 19.5 Å². The van der Waals surface area contributed by atoms with Gasteiger partial charge in [-0.05, 0) is 43.0 Å². The van der Waals surface area contributed by atoms with Crippen molar-refractivity contribution in [1.29, 1.82) is 0 Å². The predicted molar refractivity (Wildman–Crippen MR) is 118 cm³/mol. The van der Waals surface area contributed by atoms with E-state index in [1.807, 2.05) is 16.7 Å². The Morgan fingerprint density at radius 3 is 2.58 bits per heavy atom. The van der Waals surface area contributed by atoms with Crippen molar-refractivity contribution in [2.24, 2.45) is 5.92 Å². The molecule has 160 valence electrons. The number of nitro benzene ring substituents is 1. The standard InChI is InChI=1S/C22H23N5O3S/c1-15-5-2-3-6-17(15)14-31-22-25-24-20(13-23-21(28)16-7-4-8-16)26(22)18-9-11-19(12-10-18)27(29)30/h2-3,5-6,9-12,16H,4,7-8,13-14H2,1H3,(H,23,28). The minimum absolute atomic E-state index is 0.0192. The summed E-state index contributed by atoms with van der Waals surface area (Å²) in [7, 11) is 0. The molecule has 1 fully saturated rings. The Morgan fingerprint density at radius 1 is 1.19 bits per heavy atom. The van der Waals surface area contributed by atoms with Crippen LogP contribution >= 0.6 is 11.8 Å². The topological polar surface area (TPSA) is 103 Å². The smallest absolute Gasteiger partial charge is 0.269 e. The summed E-state index contributed by atoms with van der Waals surface area (Å²) < 4.78 is 1.85. The monoisotopic (exact) mass is 437 g/mol. The first-order chi connectivity index (χ1) is 15.0. The van der Waals surface area contributed by atoms with Crippen LogP contribution in [0.2, 0.25) is 0 Å². The zero-order valence-corrected chi connectivity index (χ0v) is 18.0. The van der Waals surface area contributed by atoms with Gasteiger partial charge in [0.15, 0.2) is 11.0 Å². The van der Waals surface area contributed by atoms with E-state index >= 15 is 0 Å². The zero-order valence-electron chi connectivity index (χ0n) is 17.2. The summed E-state index contributed by atoms with van der Waals surface area (Å²) in [4.78, 5) is 22.9. The zero-order chi connectivity index (χ0) is 21.8. The van der Waals surface area contributed by atoms with E-state index in [2.05, 4.69) is 34.6 Å². The molecule has 2 aromatic carbocycles. The largest absolute Gasteiger partial charge is 0.349 e. The van der Waals surface area contributed by atoms with Crippen LogP contribution in [0.3, 0.4) is 0 Å². The third kappa shape index (κ3) is 4.77. The number of non-ortho nitro benzene ring substituents is 1.